The first kappa shape index (κ1) is 5.70. The van der Waals surface area contributed by atoms with Crippen LogP contribution in [0, 0.1) is 0 Å². The van der Waals surface area contributed by atoms with Crippen LogP contribution in [0.15, 0.2) is 0 Å². The van der Waals surface area contributed by atoms with E-state index in [4.69, 9.17) is 5.73 Å². The third-order valence-corrected chi connectivity index (χ3v) is 1.89. The van der Waals surface area contributed by atoms with Crippen LogP contribution in [0.25, 0.3) is 0 Å². The zero-order valence-corrected chi connectivity index (χ0v) is 5.39. The zero-order valence-electron chi connectivity index (χ0n) is 5.39. The molecule has 1 aromatic rings. The van der Waals surface area contributed by atoms with Crippen LogP contribution < -0.4 is 5.73 Å². The number of anilines is 1. The molecule has 0 radical (unpaired) electrons. The summed E-state index contributed by atoms with van der Waals surface area (Å²) in [6.45, 7) is 0. The second kappa shape index (κ2) is 1.71. The van der Waals surface area contributed by atoms with Gasteiger partial charge in [0, 0.05) is 5.56 Å². The number of alkyl halides is 1. The lowest BCUT2D eigenvalue weighted by Gasteiger charge is -1.91. The Bertz CT molecular complexity index is 255. The minimum atomic E-state index is -0.875. The van der Waals surface area contributed by atoms with Crippen molar-refractivity contribution in [2.45, 2.75) is 19.0 Å². The highest BCUT2D eigenvalue weighted by Crippen LogP contribution is 2.34. The molecule has 1 atom stereocenters. The summed E-state index contributed by atoms with van der Waals surface area (Å²) in [7, 11) is 0. The number of nitrogens with zero attached hydrogens (tertiary/aromatic N) is 1. The third-order valence-electron chi connectivity index (χ3n) is 1.89. The van der Waals surface area contributed by atoms with Crippen molar-refractivity contribution < 1.29 is 4.39 Å². The van der Waals surface area contributed by atoms with Gasteiger partial charge in [0.2, 0.25) is 0 Å². The highest BCUT2D eigenvalue weighted by Gasteiger charge is 2.26. The number of fused-ring (bicyclic) bond motifs is 1. The largest absolute Gasteiger partial charge is 0.382 e. The number of hydrogen-bond acceptors (Lipinski definition) is 2. The average Bonchev–Trinajstić information content (AvgIpc) is 2.41. The fraction of sp³-hybridized carbons (Fsp3) is 0.500. The first-order valence-corrected chi connectivity index (χ1v) is 3.25. The maximum absolute atomic E-state index is 12.8. The van der Waals surface area contributed by atoms with Crippen molar-refractivity contribution in [3.05, 3.63) is 11.3 Å². The summed E-state index contributed by atoms with van der Waals surface area (Å²) in [4.78, 5) is 0. The molecule has 0 bridgehead atoms. The Morgan fingerprint density at radius 1 is 1.70 bits per heavy atom. The van der Waals surface area contributed by atoms with Crippen molar-refractivity contribution in [3.8, 4) is 0 Å². The summed E-state index contributed by atoms with van der Waals surface area (Å²) in [5.74, 6) is 0.454. The zero-order chi connectivity index (χ0) is 7.14. The van der Waals surface area contributed by atoms with Crippen LogP contribution in [0.2, 0.25) is 0 Å². The van der Waals surface area contributed by atoms with Gasteiger partial charge in [-0.05, 0) is 12.8 Å². The van der Waals surface area contributed by atoms with Crippen molar-refractivity contribution in [2.75, 3.05) is 5.73 Å². The van der Waals surface area contributed by atoms with Crippen LogP contribution >= 0.6 is 0 Å². The second-order valence-electron chi connectivity index (χ2n) is 2.51. The van der Waals surface area contributed by atoms with E-state index in [0.29, 0.717) is 17.9 Å². The summed E-state index contributed by atoms with van der Waals surface area (Å²) in [5.41, 5.74) is 6.89. The monoisotopic (exact) mass is 141 g/mol. The summed E-state index contributed by atoms with van der Waals surface area (Å²) in [6.07, 6.45) is 0.395. The van der Waals surface area contributed by atoms with E-state index in [2.05, 4.69) is 10.2 Å². The van der Waals surface area contributed by atoms with Crippen molar-refractivity contribution in [3.63, 3.8) is 0 Å². The molecule has 1 unspecified atom stereocenters. The van der Waals surface area contributed by atoms with E-state index in [1.807, 2.05) is 0 Å². The Labute approximate surface area is 57.4 Å². The molecule has 1 heterocycles. The van der Waals surface area contributed by atoms with Crippen molar-refractivity contribution >= 4 is 5.82 Å². The Hall–Kier alpha value is -1.06. The average molecular weight is 141 g/mol. The van der Waals surface area contributed by atoms with Gasteiger partial charge in [-0.1, -0.05) is 0 Å². The van der Waals surface area contributed by atoms with Gasteiger partial charge in [0.05, 0.1) is 5.69 Å². The van der Waals surface area contributed by atoms with E-state index >= 15 is 0 Å². The maximum atomic E-state index is 12.8. The number of aromatic nitrogens is 2. The summed E-state index contributed by atoms with van der Waals surface area (Å²) in [5, 5.41) is 6.29. The van der Waals surface area contributed by atoms with Crippen LogP contribution in [0.1, 0.15) is 23.8 Å². The number of nitrogen functional groups attached to an aromatic ring is 1. The SMILES string of the molecule is Nc1n[nH]c2c1CCC2F. The third kappa shape index (κ3) is 0.558. The van der Waals surface area contributed by atoms with Crippen LogP contribution in [0.3, 0.4) is 0 Å². The van der Waals surface area contributed by atoms with Gasteiger partial charge >= 0.3 is 0 Å². The van der Waals surface area contributed by atoms with E-state index in [9.17, 15) is 4.39 Å². The fourth-order valence-electron chi connectivity index (χ4n) is 1.33. The molecule has 0 saturated heterocycles. The standard InChI is InChI=1S/C6H8FN3/c7-4-2-1-3-5(4)9-10-6(3)8/h4H,1-2H2,(H3,8,9,10). The van der Waals surface area contributed by atoms with E-state index in [0.717, 1.165) is 12.0 Å². The Morgan fingerprint density at radius 3 is 3.20 bits per heavy atom. The molecule has 1 aliphatic carbocycles. The fourth-order valence-corrected chi connectivity index (χ4v) is 1.33. The lowest BCUT2D eigenvalue weighted by atomic mass is 10.3. The van der Waals surface area contributed by atoms with E-state index < -0.39 is 6.17 Å². The molecule has 54 valence electrons. The van der Waals surface area contributed by atoms with Gasteiger partial charge in [0.25, 0.3) is 0 Å². The maximum Gasteiger partial charge on any atom is 0.148 e. The van der Waals surface area contributed by atoms with Crippen molar-refractivity contribution in [1.82, 2.24) is 10.2 Å². The number of nitrogens with two attached hydrogens (primary N) is 1. The number of halogens is 1. The van der Waals surface area contributed by atoms with Gasteiger partial charge in [0.1, 0.15) is 12.0 Å². The van der Waals surface area contributed by atoms with Gasteiger partial charge in [-0.3, -0.25) is 5.10 Å². The molecular weight excluding hydrogens is 133 g/mol. The molecule has 0 aliphatic heterocycles. The molecule has 0 fully saturated rings. The van der Waals surface area contributed by atoms with E-state index in [1.54, 1.807) is 0 Å². The van der Waals surface area contributed by atoms with Crippen LogP contribution in [-0.2, 0) is 6.42 Å². The molecule has 2 rings (SSSR count). The molecule has 1 aliphatic rings. The van der Waals surface area contributed by atoms with Gasteiger partial charge < -0.3 is 5.73 Å². The molecule has 0 amide bonds. The molecule has 3 N–H and O–H groups in total. The first-order chi connectivity index (χ1) is 4.79. The molecule has 0 aromatic carbocycles. The summed E-state index contributed by atoms with van der Waals surface area (Å²) < 4.78 is 12.8. The lowest BCUT2D eigenvalue weighted by Crippen LogP contribution is -1.88. The Kier molecular flexibility index (Phi) is 0.977. The van der Waals surface area contributed by atoms with Crippen molar-refractivity contribution in [1.29, 1.82) is 0 Å². The Morgan fingerprint density at radius 2 is 2.50 bits per heavy atom. The van der Waals surface area contributed by atoms with Gasteiger partial charge in [-0.25, -0.2) is 4.39 Å². The minimum absolute atomic E-state index is 0.454. The normalized spacial score (nSPS) is 23.1. The minimum Gasteiger partial charge on any atom is -0.382 e. The number of rotatable bonds is 0. The predicted octanol–water partition coefficient (Wildman–Crippen LogP) is 0.949. The van der Waals surface area contributed by atoms with Crippen LogP contribution in [0.5, 0.6) is 0 Å². The van der Waals surface area contributed by atoms with Crippen molar-refractivity contribution in [2.24, 2.45) is 0 Å². The van der Waals surface area contributed by atoms with Gasteiger partial charge in [-0.15, -0.1) is 0 Å². The highest BCUT2D eigenvalue weighted by molar-refractivity contribution is 5.45. The number of aromatic amines is 1. The Balaban J connectivity index is 2.53. The lowest BCUT2D eigenvalue weighted by molar-refractivity contribution is 0.335. The molecule has 3 nitrogen and oxygen atoms in total. The van der Waals surface area contributed by atoms with Crippen LogP contribution in [-0.4, -0.2) is 10.2 Å². The van der Waals surface area contributed by atoms with Crippen LogP contribution in [0.4, 0.5) is 10.2 Å². The van der Waals surface area contributed by atoms with E-state index in [-0.39, 0.29) is 0 Å². The van der Waals surface area contributed by atoms with Gasteiger partial charge in [0.15, 0.2) is 0 Å². The molecule has 0 spiro atoms. The predicted molar refractivity (Wildman–Crippen MR) is 35.2 cm³/mol. The molecule has 0 saturated carbocycles. The topological polar surface area (TPSA) is 54.7 Å². The number of H-pyrrole nitrogens is 1. The second-order valence-corrected chi connectivity index (χ2v) is 2.51. The number of nitrogens with one attached hydrogen (secondary N) is 1. The first-order valence-electron chi connectivity index (χ1n) is 3.25. The molecule has 10 heavy (non-hydrogen) atoms. The molecule has 1 aromatic heterocycles. The highest BCUT2D eigenvalue weighted by atomic mass is 19.1. The quantitative estimate of drug-likeness (QED) is 0.565. The van der Waals surface area contributed by atoms with Gasteiger partial charge in [-0.2, -0.15) is 5.10 Å². The molecular formula is C6H8FN3. The number of hydrogen-bond donors (Lipinski definition) is 2. The summed E-state index contributed by atoms with van der Waals surface area (Å²) >= 11 is 0. The summed E-state index contributed by atoms with van der Waals surface area (Å²) in [6, 6.07) is 0. The molecule has 4 heteroatoms. The smallest absolute Gasteiger partial charge is 0.148 e. The van der Waals surface area contributed by atoms with E-state index in [1.165, 1.54) is 0 Å².